The van der Waals surface area contributed by atoms with E-state index in [2.05, 4.69) is 41.0 Å². The molecule has 1 saturated heterocycles. The average Bonchev–Trinajstić information content (AvgIpc) is 2.94. The summed E-state index contributed by atoms with van der Waals surface area (Å²) in [4.78, 5) is 9.43. The zero-order chi connectivity index (χ0) is 15.9. The van der Waals surface area contributed by atoms with Crippen molar-refractivity contribution in [3.05, 3.63) is 0 Å². The molecule has 2 fully saturated rings. The number of nitrogens with zero attached hydrogens (tertiary/aromatic N) is 3. The number of unbranched alkanes of at least 4 members (excludes halogenated alkanes) is 1. The number of aliphatic imine (C=N–C) groups is 1. The summed E-state index contributed by atoms with van der Waals surface area (Å²) in [6, 6.07) is 0.647. The summed E-state index contributed by atoms with van der Waals surface area (Å²) in [6.07, 6.45) is 8.20. The Morgan fingerprint density at radius 1 is 1.18 bits per heavy atom. The fourth-order valence-electron chi connectivity index (χ4n) is 3.86. The van der Waals surface area contributed by atoms with E-state index >= 15 is 0 Å². The highest BCUT2D eigenvalue weighted by Crippen LogP contribution is 2.35. The van der Waals surface area contributed by atoms with E-state index in [9.17, 15) is 0 Å². The summed E-state index contributed by atoms with van der Waals surface area (Å²) in [6.45, 7) is 9.19. The van der Waals surface area contributed by atoms with Crippen LogP contribution in [-0.2, 0) is 0 Å². The highest BCUT2D eigenvalue weighted by atomic mass is 15.3. The van der Waals surface area contributed by atoms with Crippen LogP contribution in [-0.4, -0.2) is 62.1 Å². The van der Waals surface area contributed by atoms with E-state index in [1.807, 2.05) is 7.05 Å². The van der Waals surface area contributed by atoms with Gasteiger partial charge >= 0.3 is 0 Å². The number of guanidine groups is 1. The quantitative estimate of drug-likeness (QED) is 0.465. The molecule has 128 valence electrons. The Labute approximate surface area is 137 Å². The van der Waals surface area contributed by atoms with Crippen LogP contribution >= 0.6 is 0 Å². The summed E-state index contributed by atoms with van der Waals surface area (Å²) in [5.41, 5.74) is 0. The number of likely N-dealkylation sites (tertiary alicyclic amines) is 1. The van der Waals surface area contributed by atoms with Crippen molar-refractivity contribution in [1.29, 1.82) is 0 Å². The van der Waals surface area contributed by atoms with Gasteiger partial charge in [-0.15, -0.1) is 0 Å². The predicted molar refractivity (Wildman–Crippen MR) is 95.4 cm³/mol. The van der Waals surface area contributed by atoms with Gasteiger partial charge in [0.25, 0.3) is 0 Å². The Hall–Kier alpha value is -0.770. The topological polar surface area (TPSA) is 30.9 Å². The molecule has 4 heteroatoms. The Bertz CT molecular complexity index is 339. The SMILES string of the molecule is CN=C(NCCCCN(C)C(C)C)N1CC2CCCCC2C1. The molecule has 22 heavy (non-hydrogen) atoms. The average molecular weight is 309 g/mol. The van der Waals surface area contributed by atoms with E-state index in [0.29, 0.717) is 6.04 Å². The van der Waals surface area contributed by atoms with Gasteiger partial charge in [-0.05, 0) is 65.0 Å². The van der Waals surface area contributed by atoms with Crippen LogP contribution in [0.1, 0.15) is 52.4 Å². The first kappa shape index (κ1) is 17.6. The molecular weight excluding hydrogens is 272 g/mol. The van der Waals surface area contributed by atoms with Gasteiger partial charge in [0.1, 0.15) is 0 Å². The first-order valence-electron chi connectivity index (χ1n) is 9.27. The lowest BCUT2D eigenvalue weighted by Crippen LogP contribution is -2.40. The lowest BCUT2D eigenvalue weighted by atomic mass is 9.82. The molecule has 0 spiro atoms. The Morgan fingerprint density at radius 3 is 2.36 bits per heavy atom. The Morgan fingerprint density at radius 2 is 1.82 bits per heavy atom. The van der Waals surface area contributed by atoms with Crippen molar-refractivity contribution in [2.45, 2.75) is 58.4 Å². The van der Waals surface area contributed by atoms with E-state index in [0.717, 1.165) is 24.3 Å². The van der Waals surface area contributed by atoms with Crippen LogP contribution in [0.4, 0.5) is 0 Å². The normalized spacial score (nSPS) is 25.9. The lowest BCUT2D eigenvalue weighted by molar-refractivity contribution is 0.268. The van der Waals surface area contributed by atoms with Crippen molar-refractivity contribution < 1.29 is 0 Å². The highest BCUT2D eigenvalue weighted by Gasteiger charge is 2.35. The summed E-state index contributed by atoms with van der Waals surface area (Å²) in [5.74, 6) is 2.98. The maximum Gasteiger partial charge on any atom is 0.193 e. The van der Waals surface area contributed by atoms with E-state index in [4.69, 9.17) is 0 Å². The van der Waals surface area contributed by atoms with Crippen LogP contribution in [0.25, 0.3) is 0 Å². The van der Waals surface area contributed by atoms with Gasteiger partial charge in [0.2, 0.25) is 0 Å². The van der Waals surface area contributed by atoms with E-state index < -0.39 is 0 Å². The van der Waals surface area contributed by atoms with Gasteiger partial charge in [-0.25, -0.2) is 0 Å². The fraction of sp³-hybridized carbons (Fsp3) is 0.944. The second kappa shape index (κ2) is 8.76. The molecule has 1 N–H and O–H groups in total. The maximum atomic E-state index is 4.51. The molecule has 1 heterocycles. The summed E-state index contributed by atoms with van der Waals surface area (Å²) >= 11 is 0. The van der Waals surface area contributed by atoms with Crippen molar-refractivity contribution in [2.75, 3.05) is 40.3 Å². The van der Waals surface area contributed by atoms with Crippen LogP contribution in [0.5, 0.6) is 0 Å². The predicted octanol–water partition coefficient (Wildman–Crippen LogP) is 2.80. The van der Waals surface area contributed by atoms with Crippen LogP contribution in [0.3, 0.4) is 0 Å². The molecule has 0 bridgehead atoms. The lowest BCUT2D eigenvalue weighted by Gasteiger charge is -2.23. The smallest absolute Gasteiger partial charge is 0.193 e. The number of hydrogen-bond acceptors (Lipinski definition) is 2. The molecule has 2 atom stereocenters. The number of fused-ring (bicyclic) bond motifs is 1. The minimum Gasteiger partial charge on any atom is -0.356 e. The molecule has 4 nitrogen and oxygen atoms in total. The van der Waals surface area contributed by atoms with E-state index in [1.54, 1.807) is 0 Å². The van der Waals surface area contributed by atoms with Gasteiger partial charge in [-0.1, -0.05) is 12.8 Å². The zero-order valence-electron chi connectivity index (χ0n) is 15.1. The van der Waals surface area contributed by atoms with Gasteiger partial charge in [0.05, 0.1) is 0 Å². The largest absolute Gasteiger partial charge is 0.356 e. The molecule has 2 aliphatic rings. The van der Waals surface area contributed by atoms with Gasteiger partial charge in [0, 0.05) is 32.7 Å². The van der Waals surface area contributed by atoms with Crippen molar-refractivity contribution in [2.24, 2.45) is 16.8 Å². The number of rotatable bonds is 6. The highest BCUT2D eigenvalue weighted by molar-refractivity contribution is 5.80. The summed E-state index contributed by atoms with van der Waals surface area (Å²) in [5, 5.41) is 3.58. The first-order chi connectivity index (χ1) is 10.6. The van der Waals surface area contributed by atoms with Gasteiger partial charge < -0.3 is 15.1 Å². The van der Waals surface area contributed by atoms with E-state index in [1.165, 1.54) is 58.2 Å². The number of hydrogen-bond donors (Lipinski definition) is 1. The van der Waals surface area contributed by atoms with Gasteiger partial charge in [0.15, 0.2) is 5.96 Å². The van der Waals surface area contributed by atoms with Crippen molar-refractivity contribution in [1.82, 2.24) is 15.1 Å². The molecule has 0 radical (unpaired) electrons. The summed E-state index contributed by atoms with van der Waals surface area (Å²) < 4.78 is 0. The van der Waals surface area contributed by atoms with Crippen molar-refractivity contribution >= 4 is 5.96 Å². The molecular formula is C18H36N4. The molecule has 2 unspecified atom stereocenters. The molecule has 1 aliphatic carbocycles. The van der Waals surface area contributed by atoms with Crippen molar-refractivity contribution in [3.8, 4) is 0 Å². The molecule has 0 aromatic heterocycles. The Balaban J connectivity index is 1.66. The molecule has 0 aromatic rings. The van der Waals surface area contributed by atoms with Crippen LogP contribution < -0.4 is 5.32 Å². The third kappa shape index (κ3) is 4.87. The zero-order valence-corrected chi connectivity index (χ0v) is 15.1. The van der Waals surface area contributed by atoms with Crippen LogP contribution in [0.15, 0.2) is 4.99 Å². The first-order valence-corrected chi connectivity index (χ1v) is 9.27. The Kier molecular flexibility index (Phi) is 7.00. The second-order valence-corrected chi connectivity index (χ2v) is 7.47. The van der Waals surface area contributed by atoms with Gasteiger partial charge in [-0.2, -0.15) is 0 Å². The fourth-order valence-corrected chi connectivity index (χ4v) is 3.86. The monoisotopic (exact) mass is 308 g/mol. The standard InChI is InChI=1S/C18H36N4/c1-15(2)21(4)12-8-7-11-20-18(19-3)22-13-16-9-5-6-10-17(16)14-22/h15-17H,5-14H2,1-4H3,(H,19,20). The minimum absolute atomic E-state index is 0.647. The molecule has 1 saturated carbocycles. The molecule has 2 rings (SSSR count). The minimum atomic E-state index is 0.647. The molecule has 0 aromatic carbocycles. The number of nitrogens with one attached hydrogen (secondary N) is 1. The van der Waals surface area contributed by atoms with Crippen LogP contribution in [0, 0.1) is 11.8 Å². The second-order valence-electron chi connectivity index (χ2n) is 7.47. The third-order valence-corrected chi connectivity index (χ3v) is 5.59. The summed E-state index contributed by atoms with van der Waals surface area (Å²) in [7, 11) is 4.14. The molecule has 1 aliphatic heterocycles. The third-order valence-electron chi connectivity index (χ3n) is 5.59. The van der Waals surface area contributed by atoms with E-state index in [-0.39, 0.29) is 0 Å². The molecule has 0 amide bonds. The van der Waals surface area contributed by atoms with Crippen LogP contribution in [0.2, 0.25) is 0 Å². The maximum absolute atomic E-state index is 4.51. The van der Waals surface area contributed by atoms with Crippen molar-refractivity contribution in [3.63, 3.8) is 0 Å². The van der Waals surface area contributed by atoms with Gasteiger partial charge in [-0.3, -0.25) is 4.99 Å².